The molecule has 0 bridgehead atoms. The van der Waals surface area contributed by atoms with Crippen molar-refractivity contribution in [1.82, 2.24) is 24.5 Å². The first-order chi connectivity index (χ1) is 6.09. The van der Waals surface area contributed by atoms with E-state index in [9.17, 15) is 4.79 Å². The monoisotopic (exact) mass is 180 g/mol. The Bertz CT molecular complexity index is 524. The Hall–Kier alpha value is -1.92. The maximum Gasteiger partial charge on any atom is 0.351 e. The first-order valence-corrected chi connectivity index (χ1v) is 3.63. The Morgan fingerprint density at radius 1 is 1.31 bits per heavy atom. The molecule has 0 aliphatic carbocycles. The third-order valence-electron chi connectivity index (χ3n) is 1.76. The summed E-state index contributed by atoms with van der Waals surface area (Å²) in [5, 5.41) is 7.96. The molecular formula is C6H8N6O. The second-order valence-corrected chi connectivity index (χ2v) is 2.70. The average molecular weight is 180 g/mol. The molecule has 2 aromatic rings. The van der Waals surface area contributed by atoms with Gasteiger partial charge >= 0.3 is 5.69 Å². The molecule has 0 fully saturated rings. The fourth-order valence-electron chi connectivity index (χ4n) is 1.11. The van der Waals surface area contributed by atoms with E-state index >= 15 is 0 Å². The molecule has 0 unspecified atom stereocenters. The summed E-state index contributed by atoms with van der Waals surface area (Å²) < 4.78 is 1.30. The van der Waals surface area contributed by atoms with Crippen molar-refractivity contribution in [3.63, 3.8) is 0 Å². The van der Waals surface area contributed by atoms with Gasteiger partial charge < -0.3 is 5.73 Å². The molecule has 7 heteroatoms. The summed E-state index contributed by atoms with van der Waals surface area (Å²) in [5.41, 5.74) is 5.97. The molecule has 0 atom stereocenters. The van der Waals surface area contributed by atoms with Crippen LogP contribution in [0.3, 0.4) is 0 Å². The largest absolute Gasteiger partial charge is 0.382 e. The van der Waals surface area contributed by atoms with Gasteiger partial charge in [-0.15, -0.1) is 10.2 Å². The number of hydrogen-bond donors (Lipinski definition) is 1. The van der Waals surface area contributed by atoms with Crippen molar-refractivity contribution >= 4 is 17.0 Å². The van der Waals surface area contributed by atoms with Gasteiger partial charge in [0, 0.05) is 14.1 Å². The summed E-state index contributed by atoms with van der Waals surface area (Å²) >= 11 is 0. The van der Waals surface area contributed by atoms with Gasteiger partial charge in [-0.2, -0.15) is 9.78 Å². The molecule has 2 heterocycles. The van der Waals surface area contributed by atoms with Crippen LogP contribution in [0.25, 0.3) is 11.2 Å². The van der Waals surface area contributed by atoms with E-state index < -0.39 is 5.69 Å². The summed E-state index contributed by atoms with van der Waals surface area (Å²) in [6.07, 6.45) is 0. The lowest BCUT2D eigenvalue weighted by atomic mass is 10.5. The van der Waals surface area contributed by atoms with Gasteiger partial charge in [0.05, 0.1) is 0 Å². The lowest BCUT2D eigenvalue weighted by Crippen LogP contribution is -2.21. The second kappa shape index (κ2) is 2.28. The Morgan fingerprint density at radius 3 is 2.69 bits per heavy atom. The van der Waals surface area contributed by atoms with Crippen LogP contribution in [-0.4, -0.2) is 24.5 Å². The lowest BCUT2D eigenvalue weighted by Gasteiger charge is -1.96. The highest BCUT2D eigenvalue weighted by atomic mass is 16.1. The molecule has 0 radical (unpaired) electrons. The highest BCUT2D eigenvalue weighted by Crippen LogP contribution is 2.09. The van der Waals surface area contributed by atoms with E-state index in [1.165, 1.54) is 9.36 Å². The first kappa shape index (κ1) is 7.71. The van der Waals surface area contributed by atoms with E-state index in [0.29, 0.717) is 11.2 Å². The van der Waals surface area contributed by atoms with Crippen molar-refractivity contribution in [3.8, 4) is 0 Å². The number of aryl methyl sites for hydroxylation is 2. The summed E-state index contributed by atoms with van der Waals surface area (Å²) in [7, 11) is 3.23. The molecule has 0 aliphatic rings. The third-order valence-corrected chi connectivity index (χ3v) is 1.76. The third kappa shape index (κ3) is 0.968. The lowest BCUT2D eigenvalue weighted by molar-refractivity contribution is 0.659. The van der Waals surface area contributed by atoms with Crippen LogP contribution in [0.2, 0.25) is 0 Å². The van der Waals surface area contributed by atoms with Gasteiger partial charge in [0.2, 0.25) is 0 Å². The fraction of sp³-hybridized carbons (Fsp3) is 0.333. The normalized spacial score (nSPS) is 10.9. The Balaban J connectivity index is 3.04. The summed E-state index contributed by atoms with van der Waals surface area (Å²) in [5.74, 6) is 0.117. The number of nitrogens with two attached hydrogens (primary N) is 1. The van der Waals surface area contributed by atoms with E-state index in [-0.39, 0.29) is 5.82 Å². The maximum atomic E-state index is 11.2. The van der Waals surface area contributed by atoms with Gasteiger partial charge in [0.25, 0.3) is 0 Å². The van der Waals surface area contributed by atoms with Crippen molar-refractivity contribution in [2.45, 2.75) is 0 Å². The molecular weight excluding hydrogens is 172 g/mol. The number of anilines is 1. The Kier molecular flexibility index (Phi) is 1.35. The Labute approximate surface area is 72.8 Å². The predicted molar refractivity (Wildman–Crippen MR) is 46.0 cm³/mol. The zero-order valence-electron chi connectivity index (χ0n) is 7.22. The summed E-state index contributed by atoms with van der Waals surface area (Å²) in [6.45, 7) is 0. The highest BCUT2D eigenvalue weighted by Gasteiger charge is 2.09. The van der Waals surface area contributed by atoms with E-state index in [0.717, 1.165) is 0 Å². The van der Waals surface area contributed by atoms with Crippen molar-refractivity contribution in [3.05, 3.63) is 10.5 Å². The number of fused-ring (bicyclic) bond motifs is 1. The quantitative estimate of drug-likeness (QED) is 0.540. The minimum atomic E-state index is -0.425. The smallest absolute Gasteiger partial charge is 0.351 e. The van der Waals surface area contributed by atoms with Gasteiger partial charge in [0.1, 0.15) is 0 Å². The van der Waals surface area contributed by atoms with Crippen LogP contribution < -0.4 is 11.4 Å². The molecule has 0 aliphatic heterocycles. The van der Waals surface area contributed by atoms with Crippen LogP contribution in [0.5, 0.6) is 0 Å². The number of nitrogen functional groups attached to an aromatic ring is 1. The Morgan fingerprint density at radius 2 is 2.00 bits per heavy atom. The van der Waals surface area contributed by atoms with Gasteiger partial charge in [-0.05, 0) is 0 Å². The van der Waals surface area contributed by atoms with Crippen molar-refractivity contribution < 1.29 is 0 Å². The topological polar surface area (TPSA) is 91.6 Å². The van der Waals surface area contributed by atoms with Crippen LogP contribution in [0.4, 0.5) is 5.82 Å². The molecule has 0 spiro atoms. The molecule has 2 rings (SSSR count). The number of aromatic nitrogens is 5. The number of nitrogens with zero attached hydrogens (tertiary/aromatic N) is 5. The van der Waals surface area contributed by atoms with Crippen molar-refractivity contribution in [1.29, 1.82) is 0 Å². The zero-order valence-corrected chi connectivity index (χ0v) is 7.22. The minimum absolute atomic E-state index is 0.117. The molecule has 0 amide bonds. The fourth-order valence-corrected chi connectivity index (χ4v) is 1.11. The van der Waals surface area contributed by atoms with E-state index in [1.807, 2.05) is 0 Å². The van der Waals surface area contributed by atoms with Crippen molar-refractivity contribution in [2.75, 3.05) is 5.73 Å². The molecule has 13 heavy (non-hydrogen) atoms. The standard InChI is InChI=1S/C6H8N6O/c1-11-5-3(9-12(2)10-5)4(7)8-6(11)13/h1-2H3,(H2,7,8,13). The van der Waals surface area contributed by atoms with Crippen LogP contribution in [0.15, 0.2) is 4.79 Å². The van der Waals surface area contributed by atoms with Crippen LogP contribution in [0.1, 0.15) is 0 Å². The van der Waals surface area contributed by atoms with E-state index in [2.05, 4.69) is 15.2 Å². The highest BCUT2D eigenvalue weighted by molar-refractivity contribution is 5.80. The molecule has 0 aromatic carbocycles. The molecule has 68 valence electrons. The van der Waals surface area contributed by atoms with E-state index in [1.54, 1.807) is 14.1 Å². The van der Waals surface area contributed by atoms with Crippen LogP contribution in [-0.2, 0) is 14.1 Å². The first-order valence-electron chi connectivity index (χ1n) is 3.63. The number of hydrogen-bond acceptors (Lipinski definition) is 5. The van der Waals surface area contributed by atoms with E-state index in [4.69, 9.17) is 5.73 Å². The SMILES string of the molecule is Cn1nc2c(N)nc(=O)n(C)c2n1. The van der Waals surface area contributed by atoms with Crippen molar-refractivity contribution in [2.24, 2.45) is 14.1 Å². The van der Waals surface area contributed by atoms with Gasteiger partial charge in [-0.1, -0.05) is 0 Å². The molecule has 2 aromatic heterocycles. The van der Waals surface area contributed by atoms with Gasteiger partial charge in [0.15, 0.2) is 17.0 Å². The second-order valence-electron chi connectivity index (χ2n) is 2.70. The minimum Gasteiger partial charge on any atom is -0.382 e. The molecule has 2 N–H and O–H groups in total. The molecule has 0 saturated heterocycles. The van der Waals surface area contributed by atoms with Gasteiger partial charge in [-0.3, -0.25) is 4.57 Å². The summed E-state index contributed by atoms with van der Waals surface area (Å²) in [6, 6.07) is 0. The van der Waals surface area contributed by atoms with Crippen LogP contribution >= 0.6 is 0 Å². The number of rotatable bonds is 0. The molecule has 0 saturated carbocycles. The maximum absolute atomic E-state index is 11.2. The predicted octanol–water partition coefficient (Wildman–Crippen LogP) is -1.36. The summed E-state index contributed by atoms with van der Waals surface area (Å²) in [4.78, 5) is 16.1. The zero-order chi connectivity index (χ0) is 9.59. The molecule has 7 nitrogen and oxygen atoms in total. The average Bonchev–Trinajstić information content (AvgIpc) is 2.44. The van der Waals surface area contributed by atoms with Gasteiger partial charge in [-0.25, -0.2) is 4.79 Å². The van der Waals surface area contributed by atoms with Crippen LogP contribution in [0, 0.1) is 0 Å².